The van der Waals surface area contributed by atoms with E-state index >= 15 is 0 Å². The zero-order valence-electron chi connectivity index (χ0n) is 19.9. The first-order chi connectivity index (χ1) is 17.2. The van der Waals surface area contributed by atoms with Crippen LogP contribution in [-0.4, -0.2) is 59.1 Å². The highest BCUT2D eigenvalue weighted by Crippen LogP contribution is 2.42. The second-order valence-corrected chi connectivity index (χ2v) is 9.60. The first-order valence-corrected chi connectivity index (χ1v) is 12.5. The Bertz CT molecular complexity index is 1200. The molecule has 35 heavy (non-hydrogen) atoms. The molecule has 0 radical (unpaired) electrons. The molecule has 0 bridgehead atoms. The van der Waals surface area contributed by atoms with E-state index in [1.165, 1.54) is 5.56 Å². The van der Waals surface area contributed by atoms with Crippen LogP contribution >= 0.6 is 0 Å². The smallest absolute Gasteiger partial charge is 0.227 e. The second-order valence-electron chi connectivity index (χ2n) is 9.60. The number of hydrogen-bond acceptors (Lipinski definition) is 4. The standard InChI is InChI=1S/C30H31N3O2/c31-19-23-9-6-10-26(17-23)24-11-13-25(14-12-24)30-27-20-32(15-4-5-16-33(27)28(30)21-34)29(35)18-22-7-2-1-3-8-22/h1-3,6-14,17,27-28,30,34H,4-5,15-16,18,20-21H2/t27-,28+,30-/m1/s1. The van der Waals surface area contributed by atoms with E-state index < -0.39 is 0 Å². The number of hydrogen-bond donors (Lipinski definition) is 1. The average molecular weight is 466 g/mol. The molecule has 5 rings (SSSR count). The van der Waals surface area contributed by atoms with E-state index in [0.717, 1.165) is 42.6 Å². The maximum Gasteiger partial charge on any atom is 0.227 e. The first-order valence-electron chi connectivity index (χ1n) is 12.5. The Morgan fingerprint density at radius 1 is 0.943 bits per heavy atom. The second kappa shape index (κ2) is 10.4. The van der Waals surface area contributed by atoms with E-state index in [-0.39, 0.29) is 30.5 Å². The molecule has 0 aliphatic carbocycles. The molecule has 0 saturated carbocycles. The van der Waals surface area contributed by atoms with Crippen molar-refractivity contribution in [3.63, 3.8) is 0 Å². The van der Waals surface area contributed by atoms with Crippen molar-refractivity contribution in [2.24, 2.45) is 0 Å². The van der Waals surface area contributed by atoms with Crippen LogP contribution in [0.1, 0.15) is 35.4 Å². The molecule has 5 heteroatoms. The van der Waals surface area contributed by atoms with Crippen molar-refractivity contribution >= 4 is 5.91 Å². The van der Waals surface area contributed by atoms with Crippen molar-refractivity contribution < 1.29 is 9.90 Å². The molecule has 1 amide bonds. The summed E-state index contributed by atoms with van der Waals surface area (Å²) in [6.07, 6.45) is 2.45. The monoisotopic (exact) mass is 465 g/mol. The molecule has 5 nitrogen and oxygen atoms in total. The summed E-state index contributed by atoms with van der Waals surface area (Å²) < 4.78 is 0. The third-order valence-electron chi connectivity index (χ3n) is 7.54. The number of rotatable bonds is 5. The number of aliphatic hydroxyl groups excluding tert-OH is 1. The van der Waals surface area contributed by atoms with E-state index in [1.807, 2.05) is 59.5 Å². The summed E-state index contributed by atoms with van der Waals surface area (Å²) in [6, 6.07) is 28.6. The van der Waals surface area contributed by atoms with Gasteiger partial charge in [0.25, 0.3) is 0 Å². The Balaban J connectivity index is 1.35. The van der Waals surface area contributed by atoms with Gasteiger partial charge in [0.2, 0.25) is 5.91 Å². The summed E-state index contributed by atoms with van der Waals surface area (Å²) in [7, 11) is 0. The van der Waals surface area contributed by atoms with Crippen molar-refractivity contribution in [3.05, 3.63) is 95.6 Å². The molecular weight excluding hydrogens is 434 g/mol. The van der Waals surface area contributed by atoms with Gasteiger partial charge in [0.05, 0.1) is 24.7 Å². The first kappa shape index (κ1) is 23.3. The van der Waals surface area contributed by atoms with Crippen LogP contribution < -0.4 is 0 Å². The summed E-state index contributed by atoms with van der Waals surface area (Å²) >= 11 is 0. The van der Waals surface area contributed by atoms with Crippen molar-refractivity contribution in [2.75, 3.05) is 26.2 Å². The van der Waals surface area contributed by atoms with Gasteiger partial charge in [0.15, 0.2) is 0 Å². The van der Waals surface area contributed by atoms with Crippen LogP contribution in [0.4, 0.5) is 0 Å². The number of nitrogens with zero attached hydrogens (tertiary/aromatic N) is 3. The van der Waals surface area contributed by atoms with Crippen molar-refractivity contribution in [3.8, 4) is 17.2 Å². The predicted octanol–water partition coefficient (Wildman–Crippen LogP) is 4.22. The zero-order chi connectivity index (χ0) is 24.2. The summed E-state index contributed by atoms with van der Waals surface area (Å²) in [5.41, 5.74) is 4.98. The minimum atomic E-state index is 0.0805. The van der Waals surface area contributed by atoms with E-state index in [0.29, 0.717) is 18.5 Å². The topological polar surface area (TPSA) is 67.6 Å². The van der Waals surface area contributed by atoms with Crippen molar-refractivity contribution in [1.29, 1.82) is 5.26 Å². The van der Waals surface area contributed by atoms with Gasteiger partial charge >= 0.3 is 0 Å². The van der Waals surface area contributed by atoms with E-state index in [1.54, 1.807) is 0 Å². The van der Waals surface area contributed by atoms with Crippen molar-refractivity contribution in [1.82, 2.24) is 9.80 Å². The summed E-state index contributed by atoms with van der Waals surface area (Å²) in [5.74, 6) is 0.363. The lowest BCUT2D eigenvalue weighted by molar-refractivity contribution is -0.135. The third-order valence-corrected chi connectivity index (χ3v) is 7.54. The number of benzene rings is 3. The van der Waals surface area contributed by atoms with Gasteiger partial charge in [-0.2, -0.15) is 5.26 Å². The van der Waals surface area contributed by atoms with Gasteiger partial charge in [-0.15, -0.1) is 0 Å². The minimum absolute atomic E-state index is 0.0805. The molecule has 2 aliphatic heterocycles. The highest BCUT2D eigenvalue weighted by atomic mass is 16.3. The summed E-state index contributed by atoms with van der Waals surface area (Å²) in [4.78, 5) is 17.6. The molecular formula is C30H31N3O2. The van der Waals surface area contributed by atoms with Crippen molar-refractivity contribution in [2.45, 2.75) is 37.3 Å². The third kappa shape index (κ3) is 4.86. The van der Waals surface area contributed by atoms with E-state index in [9.17, 15) is 15.2 Å². The van der Waals surface area contributed by atoms with Gasteiger partial charge in [-0.1, -0.05) is 66.7 Å². The van der Waals surface area contributed by atoms with Gasteiger partial charge in [-0.05, 0) is 53.8 Å². The minimum Gasteiger partial charge on any atom is -0.395 e. The number of carbonyl (C=O) groups excluding carboxylic acids is 1. The molecule has 3 aromatic carbocycles. The highest BCUT2D eigenvalue weighted by molar-refractivity contribution is 5.79. The molecule has 1 N–H and O–H groups in total. The molecule has 2 heterocycles. The van der Waals surface area contributed by atoms with Crippen LogP contribution in [0.15, 0.2) is 78.9 Å². The number of carbonyl (C=O) groups is 1. The fourth-order valence-corrected chi connectivity index (χ4v) is 5.72. The van der Waals surface area contributed by atoms with Gasteiger partial charge in [-0.25, -0.2) is 0 Å². The normalized spacial score (nSPS) is 22.3. The Hall–Kier alpha value is -3.46. The fourth-order valence-electron chi connectivity index (χ4n) is 5.72. The molecule has 0 unspecified atom stereocenters. The zero-order valence-corrected chi connectivity index (χ0v) is 19.9. The highest BCUT2D eigenvalue weighted by Gasteiger charge is 2.49. The molecule has 2 saturated heterocycles. The quantitative estimate of drug-likeness (QED) is 0.613. The van der Waals surface area contributed by atoms with Crippen LogP contribution in [-0.2, 0) is 11.2 Å². The Kier molecular flexibility index (Phi) is 6.94. The van der Waals surface area contributed by atoms with Crippen LogP contribution in [0.5, 0.6) is 0 Å². The fraction of sp³-hybridized carbons (Fsp3) is 0.333. The lowest BCUT2D eigenvalue weighted by Gasteiger charge is -2.57. The maximum atomic E-state index is 13.2. The van der Waals surface area contributed by atoms with E-state index in [4.69, 9.17) is 0 Å². The molecule has 178 valence electrons. The molecule has 0 spiro atoms. The predicted molar refractivity (Wildman–Crippen MR) is 137 cm³/mol. The number of fused-ring (bicyclic) bond motifs is 1. The van der Waals surface area contributed by atoms with Crippen LogP contribution in [0.25, 0.3) is 11.1 Å². The molecule has 0 aromatic heterocycles. The number of aliphatic hydroxyl groups is 1. The van der Waals surface area contributed by atoms with Crippen LogP contribution in [0.3, 0.4) is 0 Å². The molecule has 2 aliphatic rings. The molecule has 3 aromatic rings. The Labute approximate surface area is 207 Å². The van der Waals surface area contributed by atoms with Gasteiger partial charge in [0.1, 0.15) is 0 Å². The van der Waals surface area contributed by atoms with Gasteiger partial charge < -0.3 is 10.0 Å². The summed E-state index contributed by atoms with van der Waals surface area (Å²) in [6.45, 7) is 2.57. The lowest BCUT2D eigenvalue weighted by atomic mass is 9.74. The summed E-state index contributed by atoms with van der Waals surface area (Å²) in [5, 5.41) is 19.4. The molecule has 3 atom stereocenters. The Morgan fingerprint density at radius 2 is 1.71 bits per heavy atom. The lowest BCUT2D eigenvalue weighted by Crippen LogP contribution is -2.68. The van der Waals surface area contributed by atoms with Crippen LogP contribution in [0, 0.1) is 11.3 Å². The Morgan fingerprint density at radius 3 is 2.46 bits per heavy atom. The van der Waals surface area contributed by atoms with Gasteiger partial charge in [0, 0.05) is 31.1 Å². The number of nitriles is 1. The number of amides is 1. The van der Waals surface area contributed by atoms with E-state index in [2.05, 4.69) is 35.2 Å². The molecule has 2 fully saturated rings. The van der Waals surface area contributed by atoms with Crippen LogP contribution in [0.2, 0.25) is 0 Å². The SMILES string of the molecule is N#Cc1cccc(-c2ccc([C@@H]3[C@H]4CN(C(=O)Cc5ccccc5)CCCCN4[C@H]3CO)cc2)c1. The average Bonchev–Trinajstić information content (AvgIpc) is 2.88. The largest absolute Gasteiger partial charge is 0.395 e. The maximum absolute atomic E-state index is 13.2. The van der Waals surface area contributed by atoms with Gasteiger partial charge in [-0.3, -0.25) is 9.69 Å².